The van der Waals surface area contributed by atoms with E-state index in [1.165, 1.54) is 0 Å². The van der Waals surface area contributed by atoms with Gasteiger partial charge in [0.05, 0.1) is 6.54 Å². The Balaban J connectivity index is 2.60. The van der Waals surface area contributed by atoms with Crippen molar-refractivity contribution in [1.82, 2.24) is 5.06 Å². The van der Waals surface area contributed by atoms with Gasteiger partial charge < -0.3 is 4.74 Å². The van der Waals surface area contributed by atoms with Gasteiger partial charge in [-0.2, -0.15) is 0 Å². The smallest absolute Gasteiger partial charge is 0.233 e. The molecule has 0 atom stereocenters. The second kappa shape index (κ2) is 5.36. The van der Waals surface area contributed by atoms with E-state index in [4.69, 9.17) is 9.94 Å². The van der Waals surface area contributed by atoms with Gasteiger partial charge >= 0.3 is 0 Å². The first-order valence-electron chi connectivity index (χ1n) is 4.22. The first kappa shape index (κ1) is 12.3. The fourth-order valence-corrected chi connectivity index (χ4v) is 0.917. The minimum Gasteiger partial charge on any atom is -0.488 e. The molecule has 4 nitrogen and oxygen atoms in total. The summed E-state index contributed by atoms with van der Waals surface area (Å²) in [4.78, 5) is 9.95. The van der Waals surface area contributed by atoms with E-state index in [1.807, 2.05) is 0 Å². The molecule has 16 heavy (non-hydrogen) atoms. The predicted octanol–water partition coefficient (Wildman–Crippen LogP) is 1.33. The van der Waals surface area contributed by atoms with Crippen LogP contribution in [0.4, 0.5) is 13.2 Å². The van der Waals surface area contributed by atoms with E-state index in [-0.39, 0.29) is 24.6 Å². The summed E-state index contributed by atoms with van der Waals surface area (Å²) in [5.74, 6) is -4.11. The Morgan fingerprint density at radius 2 is 1.88 bits per heavy atom. The molecule has 1 amide bonds. The zero-order valence-electron chi connectivity index (χ0n) is 7.99. The molecule has 7 heteroatoms. The molecule has 0 unspecified atom stereocenters. The summed E-state index contributed by atoms with van der Waals surface area (Å²) in [5.41, 5.74) is 0. The van der Waals surface area contributed by atoms with Gasteiger partial charge in [-0.05, 0) is 0 Å². The maximum atomic E-state index is 13.0. The van der Waals surface area contributed by atoms with E-state index in [0.717, 1.165) is 0 Å². The number of benzene rings is 1. The lowest BCUT2D eigenvalue weighted by atomic mass is 10.3. The van der Waals surface area contributed by atoms with E-state index in [1.54, 1.807) is 0 Å². The van der Waals surface area contributed by atoms with Crippen molar-refractivity contribution in [2.75, 3.05) is 13.2 Å². The highest BCUT2D eigenvalue weighted by Crippen LogP contribution is 2.20. The molecule has 0 aromatic heterocycles. The summed E-state index contributed by atoms with van der Waals surface area (Å²) in [6.07, 6.45) is 0.130. The second-order valence-corrected chi connectivity index (χ2v) is 2.81. The van der Waals surface area contributed by atoms with Crippen molar-refractivity contribution >= 4 is 6.41 Å². The molecule has 0 heterocycles. The summed E-state index contributed by atoms with van der Waals surface area (Å²) in [6.45, 7) is -0.473. The molecule has 0 saturated carbocycles. The molecule has 0 aliphatic carbocycles. The van der Waals surface area contributed by atoms with Crippen LogP contribution in [-0.2, 0) is 4.79 Å². The number of ether oxygens (including phenoxy) is 1. The molecule has 0 fully saturated rings. The van der Waals surface area contributed by atoms with Crippen LogP contribution in [-0.4, -0.2) is 29.8 Å². The Hall–Kier alpha value is -1.76. The first-order valence-corrected chi connectivity index (χ1v) is 4.22. The molecular weight excluding hydrogens is 227 g/mol. The van der Waals surface area contributed by atoms with Crippen molar-refractivity contribution in [1.29, 1.82) is 0 Å². The van der Waals surface area contributed by atoms with Gasteiger partial charge in [-0.1, -0.05) is 0 Å². The summed E-state index contributed by atoms with van der Waals surface area (Å²) in [7, 11) is 0. The topological polar surface area (TPSA) is 49.8 Å². The predicted molar refractivity (Wildman–Crippen MR) is 46.4 cm³/mol. The molecule has 0 aliphatic rings. The SMILES string of the molecule is O=CN(O)CCOc1cc(F)c(F)cc1F. The minimum atomic E-state index is -1.32. The van der Waals surface area contributed by atoms with Crippen molar-refractivity contribution in [2.24, 2.45) is 0 Å². The Bertz CT molecular complexity index is 387. The highest BCUT2D eigenvalue weighted by Gasteiger charge is 2.10. The lowest BCUT2D eigenvalue weighted by molar-refractivity contribution is -0.150. The highest BCUT2D eigenvalue weighted by molar-refractivity contribution is 5.44. The second-order valence-electron chi connectivity index (χ2n) is 2.81. The van der Waals surface area contributed by atoms with E-state index in [0.29, 0.717) is 12.1 Å². The quantitative estimate of drug-likeness (QED) is 0.362. The third-order valence-electron chi connectivity index (χ3n) is 1.67. The standard InChI is InChI=1S/C9H8F3NO3/c10-6-3-8(12)9(4-7(6)11)16-2-1-13(15)5-14/h3-5,15H,1-2H2. The van der Waals surface area contributed by atoms with Crippen LogP contribution in [0.2, 0.25) is 0 Å². The van der Waals surface area contributed by atoms with Crippen LogP contribution in [0.3, 0.4) is 0 Å². The maximum Gasteiger partial charge on any atom is 0.233 e. The Morgan fingerprint density at radius 3 is 2.50 bits per heavy atom. The molecule has 0 bridgehead atoms. The van der Waals surface area contributed by atoms with Gasteiger partial charge in [-0.3, -0.25) is 10.0 Å². The van der Waals surface area contributed by atoms with Crippen molar-refractivity contribution < 1.29 is 27.9 Å². The monoisotopic (exact) mass is 235 g/mol. The molecule has 1 aromatic rings. The van der Waals surface area contributed by atoms with Crippen LogP contribution in [0.5, 0.6) is 5.75 Å². The number of carbonyl (C=O) groups excluding carboxylic acids is 1. The molecule has 1 rings (SSSR count). The number of nitrogens with zero attached hydrogens (tertiary/aromatic N) is 1. The Kier molecular flexibility index (Phi) is 4.12. The van der Waals surface area contributed by atoms with Crippen LogP contribution >= 0.6 is 0 Å². The van der Waals surface area contributed by atoms with Gasteiger partial charge in [-0.25, -0.2) is 18.2 Å². The first-order chi connectivity index (χ1) is 7.54. The number of rotatable bonds is 5. The van der Waals surface area contributed by atoms with Crippen molar-refractivity contribution in [3.8, 4) is 5.75 Å². The largest absolute Gasteiger partial charge is 0.488 e. The van der Waals surface area contributed by atoms with E-state index >= 15 is 0 Å². The van der Waals surface area contributed by atoms with Crippen LogP contribution in [0.25, 0.3) is 0 Å². The van der Waals surface area contributed by atoms with Crippen LogP contribution in [0.1, 0.15) is 0 Å². The third kappa shape index (κ3) is 3.13. The van der Waals surface area contributed by atoms with Gasteiger partial charge in [0.1, 0.15) is 6.61 Å². The number of hydrogen-bond donors (Lipinski definition) is 1. The van der Waals surface area contributed by atoms with E-state index in [2.05, 4.69) is 0 Å². The van der Waals surface area contributed by atoms with Gasteiger partial charge in [0.15, 0.2) is 23.2 Å². The van der Waals surface area contributed by atoms with Gasteiger partial charge in [0.2, 0.25) is 6.41 Å². The number of amides is 1. The van der Waals surface area contributed by atoms with Gasteiger partial charge in [0.25, 0.3) is 0 Å². The lowest BCUT2D eigenvalue weighted by Gasteiger charge is -2.10. The van der Waals surface area contributed by atoms with Gasteiger partial charge in [-0.15, -0.1) is 0 Å². The van der Waals surface area contributed by atoms with Crippen molar-refractivity contribution in [3.05, 3.63) is 29.6 Å². The van der Waals surface area contributed by atoms with Crippen molar-refractivity contribution in [3.63, 3.8) is 0 Å². The average molecular weight is 235 g/mol. The highest BCUT2D eigenvalue weighted by atomic mass is 19.2. The molecule has 0 spiro atoms. The summed E-state index contributed by atoms with van der Waals surface area (Å²) >= 11 is 0. The molecule has 88 valence electrons. The average Bonchev–Trinajstić information content (AvgIpc) is 2.25. The molecule has 0 radical (unpaired) electrons. The molecule has 1 N–H and O–H groups in total. The third-order valence-corrected chi connectivity index (χ3v) is 1.67. The fraction of sp³-hybridized carbons (Fsp3) is 0.222. The summed E-state index contributed by atoms with van der Waals surface area (Å²) < 4.78 is 42.8. The molecule has 0 saturated heterocycles. The maximum absolute atomic E-state index is 13.0. The summed E-state index contributed by atoms with van der Waals surface area (Å²) in [6, 6.07) is 0.897. The Labute approximate surface area is 88.8 Å². The minimum absolute atomic E-state index is 0.130. The van der Waals surface area contributed by atoms with Crippen LogP contribution in [0, 0.1) is 17.5 Å². The number of hydrogen-bond acceptors (Lipinski definition) is 3. The van der Waals surface area contributed by atoms with E-state index < -0.39 is 23.2 Å². The number of hydroxylamine groups is 2. The zero-order chi connectivity index (χ0) is 12.1. The Morgan fingerprint density at radius 1 is 1.25 bits per heavy atom. The number of halogens is 3. The van der Waals surface area contributed by atoms with Crippen LogP contribution in [0.15, 0.2) is 12.1 Å². The van der Waals surface area contributed by atoms with Crippen molar-refractivity contribution in [2.45, 2.75) is 0 Å². The molecule has 1 aromatic carbocycles. The van der Waals surface area contributed by atoms with E-state index in [9.17, 15) is 18.0 Å². The lowest BCUT2D eigenvalue weighted by Crippen LogP contribution is -2.23. The fourth-order valence-electron chi connectivity index (χ4n) is 0.917. The van der Waals surface area contributed by atoms with Gasteiger partial charge in [0, 0.05) is 12.1 Å². The molecular formula is C9H8F3NO3. The molecule has 0 aliphatic heterocycles. The normalized spacial score (nSPS) is 10.0. The van der Waals surface area contributed by atoms with Crippen LogP contribution < -0.4 is 4.74 Å². The zero-order valence-corrected chi connectivity index (χ0v) is 7.99. The number of carbonyl (C=O) groups is 1. The summed E-state index contributed by atoms with van der Waals surface area (Å²) in [5, 5.41) is 8.94.